The molecule has 0 aliphatic carbocycles. The molecule has 9 nitrogen and oxygen atoms in total. The van der Waals surface area contributed by atoms with Crippen LogP contribution < -0.4 is 5.32 Å². The van der Waals surface area contributed by atoms with Crippen molar-refractivity contribution in [3.63, 3.8) is 0 Å². The standard InChI is InChI=1S/C32H28N8OS/c1-19-29(26(18-33-3)28-10-9-27(42-28)20(2)41)38-32(37-19)30-25-12-24(17-36-31(25)40-39-30)23-11-22(15-35-16-23)14-34-13-21-7-5-4-6-8-21/h4-12,15-18,34H,3,13-14H2,1-2H3,(H,37,38)(H,36,39,40)/b26-18-. The zero-order chi connectivity index (χ0) is 29.1. The van der Waals surface area contributed by atoms with E-state index in [2.05, 4.69) is 66.4 Å². The first kappa shape index (κ1) is 27.1. The summed E-state index contributed by atoms with van der Waals surface area (Å²) in [7, 11) is 0. The van der Waals surface area contributed by atoms with Crippen LogP contribution in [0.25, 0.3) is 39.3 Å². The fourth-order valence-electron chi connectivity index (χ4n) is 4.77. The van der Waals surface area contributed by atoms with Gasteiger partial charge < -0.3 is 10.3 Å². The molecule has 6 rings (SSSR count). The number of thiophene rings is 1. The van der Waals surface area contributed by atoms with Crippen LogP contribution in [0.2, 0.25) is 0 Å². The number of benzene rings is 1. The number of ketones is 1. The van der Waals surface area contributed by atoms with Gasteiger partial charge in [0.25, 0.3) is 0 Å². The van der Waals surface area contributed by atoms with Crippen LogP contribution in [0.1, 0.15) is 44.0 Å². The van der Waals surface area contributed by atoms with E-state index in [0.717, 1.165) is 56.2 Å². The SMILES string of the molecule is C=N/C=C(/c1ccc(C(C)=O)s1)c1nc(-c2[nH]nc3ncc(-c4cncc(CNCc5ccccc5)c4)cc23)[nH]c1C. The smallest absolute Gasteiger partial charge is 0.181 e. The Morgan fingerprint density at radius 1 is 1.02 bits per heavy atom. The van der Waals surface area contributed by atoms with Gasteiger partial charge in [0, 0.05) is 65.2 Å². The highest BCUT2D eigenvalue weighted by Crippen LogP contribution is 2.34. The molecular formula is C32H28N8OS. The van der Waals surface area contributed by atoms with Gasteiger partial charge in [-0.1, -0.05) is 30.3 Å². The Bertz CT molecular complexity index is 1930. The lowest BCUT2D eigenvalue weighted by molar-refractivity contribution is 0.102. The summed E-state index contributed by atoms with van der Waals surface area (Å²) in [5.41, 5.74) is 7.89. The maximum absolute atomic E-state index is 11.9. The predicted molar refractivity (Wildman–Crippen MR) is 167 cm³/mol. The van der Waals surface area contributed by atoms with Gasteiger partial charge in [0.05, 0.1) is 16.0 Å². The van der Waals surface area contributed by atoms with Crippen molar-refractivity contribution in [1.82, 2.24) is 35.5 Å². The molecule has 0 radical (unpaired) electrons. The van der Waals surface area contributed by atoms with Crippen molar-refractivity contribution >= 4 is 40.4 Å². The van der Waals surface area contributed by atoms with E-state index in [9.17, 15) is 4.79 Å². The second-order valence-corrected chi connectivity index (χ2v) is 11.0. The van der Waals surface area contributed by atoms with Crippen LogP contribution in [-0.4, -0.2) is 42.6 Å². The number of nitrogens with zero attached hydrogens (tertiary/aromatic N) is 5. The summed E-state index contributed by atoms with van der Waals surface area (Å²) in [4.78, 5) is 34.8. The van der Waals surface area contributed by atoms with Crippen LogP contribution in [0.3, 0.4) is 0 Å². The van der Waals surface area contributed by atoms with Gasteiger partial charge in [-0.05, 0) is 56.0 Å². The zero-order valence-corrected chi connectivity index (χ0v) is 24.0. The number of aryl methyl sites for hydroxylation is 1. The summed E-state index contributed by atoms with van der Waals surface area (Å²) in [6, 6.07) is 18.2. The number of carbonyl (C=O) groups excluding carboxylic acids is 1. The molecule has 0 aliphatic rings. The molecule has 10 heteroatoms. The van der Waals surface area contributed by atoms with Crippen molar-refractivity contribution in [3.05, 3.63) is 112 Å². The van der Waals surface area contributed by atoms with E-state index >= 15 is 0 Å². The highest BCUT2D eigenvalue weighted by Gasteiger charge is 2.20. The van der Waals surface area contributed by atoms with Gasteiger partial charge in [-0.15, -0.1) is 11.3 Å². The van der Waals surface area contributed by atoms with E-state index in [-0.39, 0.29) is 5.78 Å². The summed E-state index contributed by atoms with van der Waals surface area (Å²) < 4.78 is 0. The van der Waals surface area contributed by atoms with Crippen molar-refractivity contribution in [2.75, 3.05) is 0 Å². The number of nitrogens with one attached hydrogen (secondary N) is 3. The predicted octanol–water partition coefficient (Wildman–Crippen LogP) is 6.36. The van der Waals surface area contributed by atoms with Crippen LogP contribution in [0.5, 0.6) is 0 Å². The van der Waals surface area contributed by atoms with E-state index < -0.39 is 0 Å². The first-order valence-corrected chi connectivity index (χ1v) is 14.2. The van der Waals surface area contributed by atoms with Crippen LogP contribution in [0.4, 0.5) is 0 Å². The van der Waals surface area contributed by atoms with Crippen LogP contribution >= 0.6 is 11.3 Å². The summed E-state index contributed by atoms with van der Waals surface area (Å²) in [5.74, 6) is 0.646. The number of pyridine rings is 2. The van der Waals surface area contributed by atoms with Crippen molar-refractivity contribution < 1.29 is 4.79 Å². The highest BCUT2D eigenvalue weighted by atomic mass is 32.1. The molecule has 42 heavy (non-hydrogen) atoms. The third-order valence-electron chi connectivity index (χ3n) is 6.85. The van der Waals surface area contributed by atoms with Crippen molar-refractivity contribution in [3.8, 4) is 22.6 Å². The molecule has 0 amide bonds. The van der Waals surface area contributed by atoms with E-state index in [1.165, 1.54) is 16.9 Å². The van der Waals surface area contributed by atoms with Crippen molar-refractivity contribution in [2.45, 2.75) is 26.9 Å². The Balaban J connectivity index is 1.29. The van der Waals surface area contributed by atoms with E-state index in [0.29, 0.717) is 22.9 Å². The molecule has 0 atom stereocenters. The number of H-pyrrole nitrogens is 2. The number of hydrogen-bond acceptors (Lipinski definition) is 8. The summed E-state index contributed by atoms with van der Waals surface area (Å²) in [5, 5.41) is 11.8. The minimum absolute atomic E-state index is 0.0213. The number of rotatable bonds is 10. The van der Waals surface area contributed by atoms with Gasteiger partial charge in [0.2, 0.25) is 0 Å². The summed E-state index contributed by atoms with van der Waals surface area (Å²) in [6.07, 6.45) is 7.19. The second-order valence-electron chi connectivity index (χ2n) is 9.87. The first-order valence-electron chi connectivity index (χ1n) is 13.4. The number of carbonyl (C=O) groups is 1. The molecule has 0 bridgehead atoms. The van der Waals surface area contributed by atoms with Crippen LogP contribution in [0.15, 0.2) is 84.4 Å². The quantitative estimate of drug-likeness (QED) is 0.130. The van der Waals surface area contributed by atoms with Gasteiger partial charge >= 0.3 is 0 Å². The average molecular weight is 573 g/mol. The third kappa shape index (κ3) is 5.58. The average Bonchev–Trinajstić information content (AvgIpc) is 3.75. The Morgan fingerprint density at radius 3 is 2.60 bits per heavy atom. The number of imidazole rings is 1. The molecule has 1 aromatic carbocycles. The molecule has 5 aromatic heterocycles. The monoisotopic (exact) mass is 572 g/mol. The fraction of sp³-hybridized carbons (Fsp3) is 0.125. The van der Waals surface area contributed by atoms with Crippen molar-refractivity contribution in [2.24, 2.45) is 4.99 Å². The molecular weight excluding hydrogens is 544 g/mol. The minimum Gasteiger partial charge on any atom is -0.340 e. The second kappa shape index (κ2) is 11.8. The van der Waals surface area contributed by atoms with Gasteiger partial charge in [-0.3, -0.25) is 19.9 Å². The van der Waals surface area contributed by atoms with Gasteiger partial charge in [-0.25, -0.2) is 9.97 Å². The Hall–Kier alpha value is -5.06. The third-order valence-corrected chi connectivity index (χ3v) is 8.07. The molecule has 6 aromatic rings. The fourth-order valence-corrected chi connectivity index (χ4v) is 5.69. The summed E-state index contributed by atoms with van der Waals surface area (Å²) in [6.45, 7) is 8.63. The molecule has 0 saturated carbocycles. The van der Waals surface area contributed by atoms with E-state index in [1.54, 1.807) is 13.1 Å². The van der Waals surface area contributed by atoms with E-state index in [1.807, 2.05) is 55.8 Å². The zero-order valence-electron chi connectivity index (χ0n) is 23.2. The lowest BCUT2D eigenvalue weighted by Gasteiger charge is -2.07. The van der Waals surface area contributed by atoms with E-state index in [4.69, 9.17) is 4.98 Å². The number of aliphatic imine (C=N–C) groups is 1. The highest BCUT2D eigenvalue weighted by molar-refractivity contribution is 7.15. The topological polar surface area (TPSA) is 125 Å². The number of hydrogen-bond donors (Lipinski definition) is 3. The molecule has 0 fully saturated rings. The van der Waals surface area contributed by atoms with Crippen molar-refractivity contribution in [1.29, 1.82) is 0 Å². The molecule has 0 unspecified atom stereocenters. The Labute approximate surface area is 246 Å². The normalized spacial score (nSPS) is 11.7. The van der Waals surface area contributed by atoms with Gasteiger partial charge in [0.15, 0.2) is 17.3 Å². The molecule has 3 N–H and O–H groups in total. The maximum atomic E-state index is 11.9. The molecule has 208 valence electrons. The maximum Gasteiger partial charge on any atom is 0.181 e. The minimum atomic E-state index is 0.0213. The molecule has 0 aliphatic heterocycles. The van der Waals surface area contributed by atoms with Gasteiger partial charge in [-0.2, -0.15) is 5.10 Å². The largest absolute Gasteiger partial charge is 0.340 e. The number of Topliss-reactive ketones (excluding diaryl/α,β-unsaturated/α-hetero) is 1. The lowest BCUT2D eigenvalue weighted by atomic mass is 10.1. The Kier molecular flexibility index (Phi) is 7.63. The number of aromatic amines is 2. The first-order chi connectivity index (χ1) is 20.5. The molecule has 0 saturated heterocycles. The molecule has 0 spiro atoms. The molecule has 5 heterocycles. The number of aromatic nitrogens is 6. The Morgan fingerprint density at radius 2 is 1.81 bits per heavy atom. The number of fused-ring (bicyclic) bond motifs is 1. The summed E-state index contributed by atoms with van der Waals surface area (Å²) >= 11 is 1.41. The van der Waals surface area contributed by atoms with Gasteiger partial charge in [0.1, 0.15) is 5.69 Å². The van der Waals surface area contributed by atoms with Crippen LogP contribution in [-0.2, 0) is 13.1 Å². The van der Waals surface area contributed by atoms with Crippen LogP contribution in [0, 0.1) is 6.92 Å². The lowest BCUT2D eigenvalue weighted by Crippen LogP contribution is -2.12.